The molecular weight excluding hydrogens is 284 g/mol. The minimum Gasteiger partial charge on any atom is -0.461 e. The third-order valence-corrected chi connectivity index (χ3v) is 4.21. The van der Waals surface area contributed by atoms with Crippen molar-refractivity contribution in [3.8, 4) is 0 Å². The summed E-state index contributed by atoms with van der Waals surface area (Å²) < 4.78 is 5.56. The van der Waals surface area contributed by atoms with Gasteiger partial charge >= 0.3 is 5.97 Å². The minimum absolute atomic E-state index is 0.0380. The van der Waals surface area contributed by atoms with Crippen molar-refractivity contribution in [3.63, 3.8) is 0 Å². The van der Waals surface area contributed by atoms with E-state index in [2.05, 4.69) is 26.0 Å². The second-order valence-corrected chi connectivity index (χ2v) is 6.16. The normalized spacial score (nSPS) is 13.3. The van der Waals surface area contributed by atoms with Crippen LogP contribution in [0.1, 0.15) is 37.8 Å². The van der Waals surface area contributed by atoms with E-state index < -0.39 is 0 Å². The van der Waals surface area contributed by atoms with Gasteiger partial charge in [-0.15, -0.1) is 0 Å². The van der Waals surface area contributed by atoms with Gasteiger partial charge in [0, 0.05) is 0 Å². The van der Waals surface area contributed by atoms with Crippen molar-refractivity contribution in [2.75, 3.05) is 0 Å². The quantitative estimate of drug-likeness (QED) is 0.640. The molecule has 0 saturated carbocycles. The van der Waals surface area contributed by atoms with E-state index in [9.17, 15) is 4.79 Å². The standard InChI is InChI=1S/C21H26O2/c1-3-10-20(17(2)15-18-11-6-4-7-12-18)21(22)23-16-19-13-8-5-9-14-19/h4-9,11-14,17,20H,3,10,15-16H2,1-2H3. The van der Waals surface area contributed by atoms with E-state index >= 15 is 0 Å². The zero-order chi connectivity index (χ0) is 16.5. The maximum absolute atomic E-state index is 12.5. The van der Waals surface area contributed by atoms with Gasteiger partial charge < -0.3 is 4.74 Å². The lowest BCUT2D eigenvalue weighted by Gasteiger charge is -2.22. The van der Waals surface area contributed by atoms with Crippen molar-refractivity contribution < 1.29 is 9.53 Å². The summed E-state index contributed by atoms with van der Waals surface area (Å²) in [5, 5.41) is 0. The van der Waals surface area contributed by atoms with Gasteiger partial charge in [0.25, 0.3) is 0 Å². The molecule has 2 heteroatoms. The topological polar surface area (TPSA) is 26.3 Å². The van der Waals surface area contributed by atoms with Crippen LogP contribution >= 0.6 is 0 Å². The molecule has 2 unspecified atom stereocenters. The molecule has 0 N–H and O–H groups in total. The lowest BCUT2D eigenvalue weighted by atomic mass is 9.85. The van der Waals surface area contributed by atoms with Crippen LogP contribution in [0, 0.1) is 11.8 Å². The zero-order valence-electron chi connectivity index (χ0n) is 14.1. The van der Waals surface area contributed by atoms with E-state index in [-0.39, 0.29) is 17.8 Å². The highest BCUT2D eigenvalue weighted by molar-refractivity contribution is 5.72. The van der Waals surface area contributed by atoms with Gasteiger partial charge in [-0.2, -0.15) is 0 Å². The van der Waals surface area contributed by atoms with E-state index in [1.165, 1.54) is 5.56 Å². The fraction of sp³-hybridized carbons (Fsp3) is 0.381. The average molecular weight is 310 g/mol. The Hall–Kier alpha value is -2.09. The number of esters is 1. The Kier molecular flexibility index (Phi) is 6.86. The Morgan fingerprint density at radius 3 is 2.09 bits per heavy atom. The summed E-state index contributed by atoms with van der Waals surface area (Å²) >= 11 is 0. The number of rotatable bonds is 8. The van der Waals surface area contributed by atoms with Gasteiger partial charge in [-0.3, -0.25) is 4.79 Å². The molecule has 0 amide bonds. The summed E-state index contributed by atoms with van der Waals surface area (Å²) in [5.41, 5.74) is 2.31. The van der Waals surface area contributed by atoms with E-state index in [1.807, 2.05) is 48.5 Å². The molecule has 0 saturated heterocycles. The Labute approximate surface area is 139 Å². The fourth-order valence-electron chi connectivity index (χ4n) is 2.91. The second kappa shape index (κ2) is 9.14. The van der Waals surface area contributed by atoms with Gasteiger partial charge in [0.1, 0.15) is 6.61 Å². The van der Waals surface area contributed by atoms with Crippen molar-refractivity contribution in [1.29, 1.82) is 0 Å². The first-order valence-corrected chi connectivity index (χ1v) is 8.45. The predicted molar refractivity (Wildman–Crippen MR) is 93.9 cm³/mol. The first kappa shape index (κ1) is 17.3. The smallest absolute Gasteiger partial charge is 0.309 e. The number of ether oxygens (including phenoxy) is 1. The molecule has 2 aromatic rings. The Morgan fingerprint density at radius 2 is 1.52 bits per heavy atom. The van der Waals surface area contributed by atoms with E-state index in [1.54, 1.807) is 0 Å². The maximum Gasteiger partial charge on any atom is 0.309 e. The maximum atomic E-state index is 12.5. The minimum atomic E-state index is -0.0702. The van der Waals surface area contributed by atoms with Gasteiger partial charge in [-0.1, -0.05) is 80.9 Å². The molecule has 2 rings (SSSR count). The van der Waals surface area contributed by atoms with Gasteiger partial charge in [0.15, 0.2) is 0 Å². The molecule has 0 fully saturated rings. The second-order valence-electron chi connectivity index (χ2n) is 6.16. The predicted octanol–water partition coefficient (Wildman–Crippen LogP) is 5.02. The van der Waals surface area contributed by atoms with Crippen LogP contribution < -0.4 is 0 Å². The van der Waals surface area contributed by atoms with Gasteiger partial charge in [0.05, 0.1) is 5.92 Å². The molecule has 0 bridgehead atoms. The summed E-state index contributed by atoms with van der Waals surface area (Å²) in [6, 6.07) is 20.2. The third-order valence-electron chi connectivity index (χ3n) is 4.21. The summed E-state index contributed by atoms with van der Waals surface area (Å²) in [4.78, 5) is 12.5. The Bertz CT molecular complexity index is 577. The fourth-order valence-corrected chi connectivity index (χ4v) is 2.91. The molecule has 2 atom stereocenters. The summed E-state index contributed by atoms with van der Waals surface area (Å²) in [6.45, 7) is 4.63. The molecule has 0 aliphatic rings. The van der Waals surface area contributed by atoms with Crippen LogP contribution in [0.15, 0.2) is 60.7 Å². The molecule has 0 radical (unpaired) electrons. The van der Waals surface area contributed by atoms with Crippen molar-refractivity contribution in [2.45, 2.75) is 39.7 Å². The highest BCUT2D eigenvalue weighted by Crippen LogP contribution is 2.23. The number of carbonyl (C=O) groups excluding carboxylic acids is 1. The largest absolute Gasteiger partial charge is 0.461 e. The molecule has 2 aromatic carbocycles. The van der Waals surface area contributed by atoms with E-state index in [0.29, 0.717) is 6.61 Å². The van der Waals surface area contributed by atoms with Crippen LogP contribution in [0.5, 0.6) is 0 Å². The van der Waals surface area contributed by atoms with Crippen LogP contribution in [0.2, 0.25) is 0 Å². The Balaban J connectivity index is 1.94. The lowest BCUT2D eigenvalue weighted by molar-refractivity contribution is -0.152. The lowest BCUT2D eigenvalue weighted by Crippen LogP contribution is -2.25. The van der Waals surface area contributed by atoms with Crippen LogP contribution in [0.4, 0.5) is 0 Å². The van der Waals surface area contributed by atoms with Crippen molar-refractivity contribution in [1.82, 2.24) is 0 Å². The van der Waals surface area contributed by atoms with Crippen LogP contribution in [-0.4, -0.2) is 5.97 Å². The average Bonchev–Trinajstić information content (AvgIpc) is 2.59. The highest BCUT2D eigenvalue weighted by Gasteiger charge is 2.25. The SMILES string of the molecule is CCCC(C(=O)OCc1ccccc1)C(C)Cc1ccccc1. The van der Waals surface area contributed by atoms with Crippen molar-refractivity contribution in [3.05, 3.63) is 71.8 Å². The molecule has 0 spiro atoms. The van der Waals surface area contributed by atoms with Crippen molar-refractivity contribution >= 4 is 5.97 Å². The number of benzene rings is 2. The van der Waals surface area contributed by atoms with Crippen LogP contribution in [0.3, 0.4) is 0 Å². The monoisotopic (exact) mass is 310 g/mol. The first-order valence-electron chi connectivity index (χ1n) is 8.45. The van der Waals surface area contributed by atoms with Crippen molar-refractivity contribution in [2.24, 2.45) is 11.8 Å². The van der Waals surface area contributed by atoms with E-state index in [0.717, 1.165) is 24.8 Å². The number of hydrogen-bond donors (Lipinski definition) is 0. The Morgan fingerprint density at radius 1 is 0.957 bits per heavy atom. The number of carbonyl (C=O) groups is 1. The van der Waals surface area contributed by atoms with Gasteiger partial charge in [-0.25, -0.2) is 0 Å². The molecule has 0 aliphatic heterocycles. The van der Waals surface area contributed by atoms with Crippen LogP contribution in [0.25, 0.3) is 0 Å². The first-order chi connectivity index (χ1) is 11.2. The highest BCUT2D eigenvalue weighted by atomic mass is 16.5. The van der Waals surface area contributed by atoms with E-state index in [4.69, 9.17) is 4.74 Å². The molecule has 0 aromatic heterocycles. The molecular formula is C21H26O2. The van der Waals surface area contributed by atoms with Gasteiger partial charge in [-0.05, 0) is 29.9 Å². The molecule has 2 nitrogen and oxygen atoms in total. The molecule has 23 heavy (non-hydrogen) atoms. The molecule has 122 valence electrons. The third kappa shape index (κ3) is 5.55. The molecule has 0 aliphatic carbocycles. The van der Waals surface area contributed by atoms with Gasteiger partial charge in [0.2, 0.25) is 0 Å². The number of hydrogen-bond acceptors (Lipinski definition) is 2. The van der Waals surface area contributed by atoms with Crippen LogP contribution in [-0.2, 0) is 22.6 Å². The summed E-state index contributed by atoms with van der Waals surface area (Å²) in [5.74, 6) is 0.170. The molecule has 0 heterocycles. The zero-order valence-corrected chi connectivity index (χ0v) is 14.1. The summed E-state index contributed by atoms with van der Waals surface area (Å²) in [7, 11) is 0. The summed E-state index contributed by atoms with van der Waals surface area (Å²) in [6.07, 6.45) is 2.78.